The van der Waals surface area contributed by atoms with Crippen LogP contribution in [0.4, 0.5) is 0 Å². The summed E-state index contributed by atoms with van der Waals surface area (Å²) in [5, 5.41) is 3.50. The maximum Gasteiger partial charge on any atom is 0.220 e. The van der Waals surface area contributed by atoms with Crippen LogP contribution in [0.2, 0.25) is 5.02 Å². The lowest BCUT2D eigenvalue weighted by Gasteiger charge is -2.10. The number of carbonyl (C=O) groups is 1. The molecule has 0 atom stereocenters. The van der Waals surface area contributed by atoms with Crippen LogP contribution in [-0.2, 0) is 11.2 Å². The highest BCUT2D eigenvalue weighted by atomic mass is 35.5. The maximum absolute atomic E-state index is 11.9. The van der Waals surface area contributed by atoms with Gasteiger partial charge in [-0.2, -0.15) is 0 Å². The van der Waals surface area contributed by atoms with E-state index in [1.807, 2.05) is 18.2 Å². The second-order valence-corrected chi connectivity index (χ2v) is 5.78. The standard InChI is InChI=1S/C19H22ClNO4/c1-23-17-9-3-14(13-18(17)24-2)4-10-19(22)21-11-12-25-16-7-5-15(20)6-8-16/h3,5-9,13H,4,10-12H2,1-2H3,(H,21,22). The predicted octanol–water partition coefficient (Wildman–Crippen LogP) is 3.49. The van der Waals surface area contributed by atoms with Crippen molar-refractivity contribution in [2.45, 2.75) is 12.8 Å². The number of carbonyl (C=O) groups excluding carboxylic acids is 1. The highest BCUT2D eigenvalue weighted by Gasteiger charge is 2.07. The summed E-state index contributed by atoms with van der Waals surface area (Å²) in [7, 11) is 3.19. The van der Waals surface area contributed by atoms with Gasteiger partial charge in [0.15, 0.2) is 11.5 Å². The van der Waals surface area contributed by atoms with E-state index in [2.05, 4.69) is 5.32 Å². The number of rotatable bonds is 9. The monoisotopic (exact) mass is 363 g/mol. The molecule has 0 aliphatic carbocycles. The fraction of sp³-hybridized carbons (Fsp3) is 0.316. The average molecular weight is 364 g/mol. The van der Waals surface area contributed by atoms with Gasteiger partial charge < -0.3 is 19.5 Å². The van der Waals surface area contributed by atoms with Gasteiger partial charge in [-0.05, 0) is 48.4 Å². The molecule has 0 heterocycles. The van der Waals surface area contributed by atoms with Crippen LogP contribution < -0.4 is 19.5 Å². The first-order valence-corrected chi connectivity index (χ1v) is 8.36. The number of hydrogen-bond acceptors (Lipinski definition) is 4. The zero-order chi connectivity index (χ0) is 18.1. The Bertz CT molecular complexity index is 688. The Morgan fingerprint density at radius 1 is 1.04 bits per heavy atom. The van der Waals surface area contributed by atoms with Gasteiger partial charge in [0.25, 0.3) is 0 Å². The minimum atomic E-state index is -0.0190. The molecular formula is C19H22ClNO4. The molecule has 134 valence electrons. The van der Waals surface area contributed by atoms with Gasteiger partial charge in [-0.25, -0.2) is 0 Å². The molecule has 2 aromatic rings. The van der Waals surface area contributed by atoms with Crippen LogP contribution in [0.3, 0.4) is 0 Å². The number of aryl methyl sites for hydroxylation is 1. The number of nitrogens with one attached hydrogen (secondary N) is 1. The molecule has 6 heteroatoms. The molecule has 0 saturated heterocycles. The van der Waals surface area contributed by atoms with Crippen LogP contribution >= 0.6 is 11.6 Å². The van der Waals surface area contributed by atoms with Gasteiger partial charge in [0, 0.05) is 11.4 Å². The first-order valence-electron chi connectivity index (χ1n) is 7.98. The summed E-state index contributed by atoms with van der Waals surface area (Å²) >= 11 is 5.81. The van der Waals surface area contributed by atoms with Crippen LogP contribution in [0, 0.1) is 0 Å². The van der Waals surface area contributed by atoms with E-state index in [9.17, 15) is 4.79 Å². The third-order valence-corrected chi connectivity index (χ3v) is 3.85. The summed E-state index contributed by atoms with van der Waals surface area (Å²) in [5.41, 5.74) is 1.02. The molecule has 1 amide bonds. The van der Waals surface area contributed by atoms with E-state index in [1.165, 1.54) is 0 Å². The highest BCUT2D eigenvalue weighted by molar-refractivity contribution is 6.30. The Kier molecular flexibility index (Phi) is 7.41. The Morgan fingerprint density at radius 2 is 1.76 bits per heavy atom. The van der Waals surface area contributed by atoms with E-state index < -0.39 is 0 Å². The van der Waals surface area contributed by atoms with Crippen molar-refractivity contribution in [1.82, 2.24) is 5.32 Å². The van der Waals surface area contributed by atoms with Crippen molar-refractivity contribution in [2.75, 3.05) is 27.4 Å². The van der Waals surface area contributed by atoms with Gasteiger partial charge in [-0.1, -0.05) is 17.7 Å². The van der Waals surface area contributed by atoms with Crippen LogP contribution in [0.15, 0.2) is 42.5 Å². The minimum absolute atomic E-state index is 0.0190. The fourth-order valence-electron chi connectivity index (χ4n) is 2.27. The van der Waals surface area contributed by atoms with Crippen molar-refractivity contribution in [2.24, 2.45) is 0 Å². The minimum Gasteiger partial charge on any atom is -0.493 e. The number of hydrogen-bond donors (Lipinski definition) is 1. The highest BCUT2D eigenvalue weighted by Crippen LogP contribution is 2.27. The maximum atomic E-state index is 11.9. The molecule has 2 aromatic carbocycles. The van der Waals surface area contributed by atoms with Crippen molar-refractivity contribution < 1.29 is 19.0 Å². The smallest absolute Gasteiger partial charge is 0.220 e. The topological polar surface area (TPSA) is 56.8 Å². The average Bonchev–Trinajstić information content (AvgIpc) is 2.64. The molecule has 1 N–H and O–H groups in total. The SMILES string of the molecule is COc1ccc(CCC(=O)NCCOc2ccc(Cl)cc2)cc1OC. The summed E-state index contributed by atoms with van der Waals surface area (Å²) in [4.78, 5) is 11.9. The Morgan fingerprint density at radius 3 is 2.44 bits per heavy atom. The Labute approximate surface area is 152 Å². The fourth-order valence-corrected chi connectivity index (χ4v) is 2.40. The third kappa shape index (κ3) is 6.19. The number of methoxy groups -OCH3 is 2. The van der Waals surface area contributed by atoms with Crippen molar-refractivity contribution in [1.29, 1.82) is 0 Å². The molecule has 0 fully saturated rings. The van der Waals surface area contributed by atoms with Crippen LogP contribution in [0.1, 0.15) is 12.0 Å². The molecule has 0 radical (unpaired) electrons. The molecule has 0 aliphatic rings. The van der Waals surface area contributed by atoms with Crippen LogP contribution in [0.25, 0.3) is 0 Å². The van der Waals surface area contributed by atoms with Gasteiger partial charge in [0.1, 0.15) is 12.4 Å². The predicted molar refractivity (Wildman–Crippen MR) is 97.8 cm³/mol. The largest absolute Gasteiger partial charge is 0.493 e. The van der Waals surface area contributed by atoms with Gasteiger partial charge in [0.05, 0.1) is 20.8 Å². The summed E-state index contributed by atoms with van der Waals surface area (Å²) in [6.45, 7) is 0.858. The van der Waals surface area contributed by atoms with Gasteiger partial charge >= 0.3 is 0 Å². The van der Waals surface area contributed by atoms with E-state index in [1.54, 1.807) is 38.5 Å². The molecule has 0 unspecified atom stereocenters. The van der Waals surface area contributed by atoms with E-state index in [0.29, 0.717) is 42.5 Å². The summed E-state index contributed by atoms with van der Waals surface area (Å²) in [5.74, 6) is 2.05. The van der Waals surface area contributed by atoms with Crippen molar-refractivity contribution >= 4 is 17.5 Å². The summed E-state index contributed by atoms with van der Waals surface area (Å²) < 4.78 is 16.0. The van der Waals surface area contributed by atoms with Crippen molar-refractivity contribution in [3.05, 3.63) is 53.1 Å². The molecule has 0 spiro atoms. The van der Waals surface area contributed by atoms with Gasteiger partial charge in [0.2, 0.25) is 5.91 Å². The van der Waals surface area contributed by atoms with Crippen molar-refractivity contribution in [3.8, 4) is 17.2 Å². The lowest BCUT2D eigenvalue weighted by atomic mass is 10.1. The van der Waals surface area contributed by atoms with E-state index >= 15 is 0 Å². The quantitative estimate of drug-likeness (QED) is 0.693. The molecule has 0 aliphatic heterocycles. The second-order valence-electron chi connectivity index (χ2n) is 5.34. The lowest BCUT2D eigenvalue weighted by Crippen LogP contribution is -2.28. The second kappa shape index (κ2) is 9.79. The third-order valence-electron chi connectivity index (χ3n) is 3.60. The first-order chi connectivity index (χ1) is 12.1. The number of amides is 1. The molecule has 25 heavy (non-hydrogen) atoms. The molecule has 2 rings (SSSR count). The van der Waals surface area contributed by atoms with Crippen molar-refractivity contribution in [3.63, 3.8) is 0 Å². The van der Waals surface area contributed by atoms with E-state index in [4.69, 9.17) is 25.8 Å². The summed E-state index contributed by atoms with van der Waals surface area (Å²) in [6.07, 6.45) is 1.03. The molecule has 5 nitrogen and oxygen atoms in total. The molecule has 0 saturated carbocycles. The molecule has 0 bridgehead atoms. The lowest BCUT2D eigenvalue weighted by molar-refractivity contribution is -0.121. The zero-order valence-corrected chi connectivity index (χ0v) is 15.1. The van der Waals surface area contributed by atoms with Gasteiger partial charge in [-0.15, -0.1) is 0 Å². The first kappa shape index (κ1) is 18.9. The molecule has 0 aromatic heterocycles. The zero-order valence-electron chi connectivity index (χ0n) is 14.4. The number of benzene rings is 2. The van der Waals surface area contributed by atoms with E-state index in [0.717, 1.165) is 11.3 Å². The number of ether oxygens (including phenoxy) is 3. The van der Waals surface area contributed by atoms with Crippen LogP contribution in [-0.4, -0.2) is 33.3 Å². The molecular weight excluding hydrogens is 342 g/mol. The Balaban J connectivity index is 1.69. The van der Waals surface area contributed by atoms with Crippen LogP contribution in [0.5, 0.6) is 17.2 Å². The number of halogens is 1. The summed E-state index contributed by atoms with van der Waals surface area (Å²) in [6, 6.07) is 12.8. The Hall–Kier alpha value is -2.40. The van der Waals surface area contributed by atoms with E-state index in [-0.39, 0.29) is 5.91 Å². The normalized spacial score (nSPS) is 10.2. The van der Waals surface area contributed by atoms with Gasteiger partial charge in [-0.3, -0.25) is 4.79 Å².